The summed E-state index contributed by atoms with van der Waals surface area (Å²) in [6.45, 7) is 1.57. The fraction of sp³-hybridized carbons (Fsp3) is 0.545. The summed E-state index contributed by atoms with van der Waals surface area (Å²) in [5, 5.41) is 11.4. The lowest BCUT2D eigenvalue weighted by Gasteiger charge is -2.56. The first-order valence-electron chi connectivity index (χ1n) is 5.14. The molecule has 2 saturated heterocycles. The van der Waals surface area contributed by atoms with Crippen LogP contribution in [0.15, 0.2) is 17.5 Å². The highest BCUT2D eigenvalue weighted by Crippen LogP contribution is 2.53. The molecule has 86 valence electrons. The van der Waals surface area contributed by atoms with Crippen LogP contribution in [0.2, 0.25) is 0 Å². The summed E-state index contributed by atoms with van der Waals surface area (Å²) in [7, 11) is 0. The summed E-state index contributed by atoms with van der Waals surface area (Å²) in [6.07, 6.45) is 0. The van der Waals surface area contributed by atoms with Crippen molar-refractivity contribution in [3.8, 4) is 0 Å². The zero-order valence-corrected chi connectivity index (χ0v) is 9.46. The Kier molecular flexibility index (Phi) is 2.11. The Balaban J connectivity index is 2.05. The van der Waals surface area contributed by atoms with E-state index >= 15 is 0 Å². The molecule has 0 amide bonds. The number of thiophene rings is 1. The maximum absolute atomic E-state index is 11.5. The maximum atomic E-state index is 11.5. The van der Waals surface area contributed by atoms with Crippen molar-refractivity contribution < 1.29 is 19.4 Å². The van der Waals surface area contributed by atoms with E-state index in [2.05, 4.69) is 0 Å². The zero-order valence-electron chi connectivity index (χ0n) is 8.64. The van der Waals surface area contributed by atoms with Crippen molar-refractivity contribution in [1.29, 1.82) is 0 Å². The van der Waals surface area contributed by atoms with Gasteiger partial charge in [0, 0.05) is 4.88 Å². The van der Waals surface area contributed by atoms with Gasteiger partial charge in [0.25, 0.3) is 0 Å². The predicted octanol–water partition coefficient (Wildman–Crippen LogP) is 1.12. The lowest BCUT2D eigenvalue weighted by molar-refractivity contribution is -0.235. The molecule has 0 radical (unpaired) electrons. The molecule has 1 aromatic rings. The second-order valence-corrected chi connectivity index (χ2v) is 5.38. The van der Waals surface area contributed by atoms with Crippen molar-refractivity contribution in [2.75, 3.05) is 26.4 Å². The fourth-order valence-electron chi connectivity index (χ4n) is 2.42. The number of carboxylic acids is 1. The van der Waals surface area contributed by atoms with E-state index < -0.39 is 11.4 Å². The largest absolute Gasteiger partial charge is 0.481 e. The molecule has 2 aliphatic rings. The first kappa shape index (κ1) is 10.3. The molecular formula is C11H12O4S. The highest BCUT2D eigenvalue weighted by Gasteiger charge is 2.66. The van der Waals surface area contributed by atoms with Crippen LogP contribution in [0.1, 0.15) is 4.88 Å². The number of carbonyl (C=O) groups is 1. The monoisotopic (exact) mass is 240 g/mol. The highest BCUT2D eigenvalue weighted by atomic mass is 32.1. The Labute approximate surface area is 96.8 Å². The van der Waals surface area contributed by atoms with Crippen LogP contribution in [-0.2, 0) is 19.7 Å². The van der Waals surface area contributed by atoms with Gasteiger partial charge in [0.15, 0.2) is 0 Å². The summed E-state index contributed by atoms with van der Waals surface area (Å²) in [6, 6.07) is 3.95. The van der Waals surface area contributed by atoms with Crippen LogP contribution in [0.5, 0.6) is 0 Å². The Morgan fingerprint density at radius 1 is 1.31 bits per heavy atom. The van der Waals surface area contributed by atoms with Crippen molar-refractivity contribution in [2.24, 2.45) is 5.41 Å². The van der Waals surface area contributed by atoms with Crippen LogP contribution in [0.25, 0.3) is 0 Å². The second kappa shape index (κ2) is 3.29. The Bertz CT molecular complexity index is 404. The Morgan fingerprint density at radius 3 is 2.31 bits per heavy atom. The van der Waals surface area contributed by atoms with E-state index in [4.69, 9.17) is 9.47 Å². The van der Waals surface area contributed by atoms with Crippen LogP contribution < -0.4 is 0 Å². The molecule has 0 saturated carbocycles. The standard InChI is InChI=1S/C11H12O4S/c12-9(13)11(6-15-7-11)10(4-14-5-10)8-2-1-3-16-8/h1-3H,4-7H2,(H,12,13). The average molecular weight is 240 g/mol. The van der Waals surface area contributed by atoms with Gasteiger partial charge in [0.2, 0.25) is 0 Å². The molecule has 16 heavy (non-hydrogen) atoms. The number of rotatable bonds is 3. The number of hydrogen-bond donors (Lipinski definition) is 1. The molecule has 3 rings (SSSR count). The molecule has 0 bridgehead atoms. The molecule has 4 nitrogen and oxygen atoms in total. The lowest BCUT2D eigenvalue weighted by atomic mass is 9.59. The van der Waals surface area contributed by atoms with E-state index in [1.54, 1.807) is 11.3 Å². The minimum Gasteiger partial charge on any atom is -0.481 e. The number of ether oxygens (including phenoxy) is 2. The van der Waals surface area contributed by atoms with E-state index in [0.717, 1.165) is 4.88 Å². The van der Waals surface area contributed by atoms with Gasteiger partial charge >= 0.3 is 5.97 Å². The minimum atomic E-state index is -0.782. The molecule has 0 unspecified atom stereocenters. The van der Waals surface area contributed by atoms with Gasteiger partial charge < -0.3 is 14.6 Å². The van der Waals surface area contributed by atoms with E-state index in [-0.39, 0.29) is 5.41 Å². The van der Waals surface area contributed by atoms with Gasteiger partial charge in [-0.1, -0.05) is 6.07 Å². The van der Waals surface area contributed by atoms with E-state index in [9.17, 15) is 9.90 Å². The number of hydrogen-bond acceptors (Lipinski definition) is 4. The van der Waals surface area contributed by atoms with Crippen molar-refractivity contribution in [1.82, 2.24) is 0 Å². The summed E-state index contributed by atoms with van der Waals surface area (Å²) >= 11 is 1.60. The van der Waals surface area contributed by atoms with Gasteiger partial charge in [-0.25, -0.2) is 0 Å². The Morgan fingerprint density at radius 2 is 2.00 bits per heavy atom. The summed E-state index contributed by atoms with van der Waals surface area (Å²) < 4.78 is 10.4. The highest BCUT2D eigenvalue weighted by molar-refractivity contribution is 7.10. The fourth-order valence-corrected chi connectivity index (χ4v) is 3.42. The van der Waals surface area contributed by atoms with Gasteiger partial charge in [-0.3, -0.25) is 4.79 Å². The normalized spacial score (nSPS) is 25.5. The first-order valence-corrected chi connectivity index (χ1v) is 6.02. The van der Waals surface area contributed by atoms with Gasteiger partial charge in [0.05, 0.1) is 31.8 Å². The van der Waals surface area contributed by atoms with Crippen molar-refractivity contribution in [2.45, 2.75) is 5.41 Å². The maximum Gasteiger partial charge on any atom is 0.315 e. The van der Waals surface area contributed by atoms with Crippen LogP contribution in [0, 0.1) is 5.41 Å². The first-order chi connectivity index (χ1) is 7.71. The van der Waals surface area contributed by atoms with E-state index in [1.165, 1.54) is 0 Å². The molecule has 5 heteroatoms. The summed E-state index contributed by atoms with van der Waals surface area (Å²) in [4.78, 5) is 12.6. The molecular weight excluding hydrogens is 228 g/mol. The molecule has 2 fully saturated rings. The average Bonchev–Trinajstić information content (AvgIpc) is 2.59. The quantitative estimate of drug-likeness (QED) is 0.860. The molecule has 0 aromatic carbocycles. The minimum absolute atomic E-state index is 0.295. The van der Waals surface area contributed by atoms with Gasteiger partial charge in [-0.15, -0.1) is 11.3 Å². The van der Waals surface area contributed by atoms with Gasteiger partial charge in [0.1, 0.15) is 5.41 Å². The van der Waals surface area contributed by atoms with Crippen molar-refractivity contribution in [3.63, 3.8) is 0 Å². The SMILES string of the molecule is O=C(O)C1(C2(c3cccs3)COC2)COC1. The number of carboxylic acid groups (broad SMARTS) is 1. The molecule has 1 aromatic heterocycles. The van der Waals surface area contributed by atoms with E-state index in [0.29, 0.717) is 26.4 Å². The van der Waals surface area contributed by atoms with Crippen LogP contribution in [-0.4, -0.2) is 37.5 Å². The smallest absolute Gasteiger partial charge is 0.315 e. The summed E-state index contributed by atoms with van der Waals surface area (Å²) in [5.74, 6) is -0.768. The Hall–Kier alpha value is -0.910. The second-order valence-electron chi connectivity index (χ2n) is 4.43. The van der Waals surface area contributed by atoms with Crippen LogP contribution in [0.3, 0.4) is 0 Å². The topological polar surface area (TPSA) is 55.8 Å². The van der Waals surface area contributed by atoms with Crippen LogP contribution >= 0.6 is 11.3 Å². The molecule has 0 atom stereocenters. The molecule has 2 aliphatic heterocycles. The van der Waals surface area contributed by atoms with Crippen molar-refractivity contribution >= 4 is 17.3 Å². The van der Waals surface area contributed by atoms with Crippen LogP contribution in [0.4, 0.5) is 0 Å². The molecule has 1 N–H and O–H groups in total. The predicted molar refractivity (Wildman–Crippen MR) is 57.7 cm³/mol. The molecule has 3 heterocycles. The molecule has 0 aliphatic carbocycles. The number of aliphatic carboxylic acids is 1. The molecule has 0 spiro atoms. The van der Waals surface area contributed by atoms with E-state index in [1.807, 2.05) is 17.5 Å². The van der Waals surface area contributed by atoms with Crippen molar-refractivity contribution in [3.05, 3.63) is 22.4 Å². The van der Waals surface area contributed by atoms with Gasteiger partial charge in [-0.05, 0) is 11.4 Å². The third-order valence-corrected chi connectivity index (χ3v) is 4.79. The lowest BCUT2D eigenvalue weighted by Crippen LogP contribution is -2.69. The zero-order chi connectivity index (χ0) is 11.2. The third-order valence-electron chi connectivity index (χ3n) is 3.71. The summed E-state index contributed by atoms with van der Waals surface area (Å²) in [5.41, 5.74) is -1.15. The third kappa shape index (κ3) is 1.03. The van der Waals surface area contributed by atoms with Gasteiger partial charge in [-0.2, -0.15) is 0 Å².